The molecule has 0 bridgehead atoms. The number of rotatable bonds is 9. The largest absolute Gasteiger partial charge is 0.461 e. The molecular weight excluding hydrogens is 747 g/mol. The number of halogens is 6. The number of nitrogens with zero attached hydrogens (tertiary/aromatic N) is 8. The van der Waals surface area contributed by atoms with E-state index in [-0.39, 0.29) is 86.5 Å². The van der Waals surface area contributed by atoms with Crippen molar-refractivity contribution in [3.63, 3.8) is 0 Å². The Morgan fingerprint density at radius 1 is 1.15 bits per heavy atom. The molecule has 0 spiro atoms. The Labute approximate surface area is 320 Å². The lowest BCUT2D eigenvalue weighted by atomic mass is 9.95. The number of pyridine rings is 1. The van der Waals surface area contributed by atoms with Crippen LogP contribution in [0.5, 0.6) is 6.01 Å². The van der Waals surface area contributed by atoms with E-state index in [4.69, 9.17) is 21.1 Å². The van der Waals surface area contributed by atoms with E-state index in [1.807, 2.05) is 18.7 Å². The molecule has 11 nitrogen and oxygen atoms in total. The van der Waals surface area contributed by atoms with Gasteiger partial charge in [0.05, 0.1) is 52.3 Å². The summed E-state index contributed by atoms with van der Waals surface area (Å²) in [6.07, 6.45) is 0.556. The number of hydrogen-bond acceptors (Lipinski definition) is 10. The van der Waals surface area contributed by atoms with Gasteiger partial charge in [-0.2, -0.15) is 28.4 Å². The molecule has 2 aromatic heterocycles. The van der Waals surface area contributed by atoms with Gasteiger partial charge in [0.1, 0.15) is 29.8 Å². The number of carbonyl (C=O) groups excluding carboxylic acids is 1. The van der Waals surface area contributed by atoms with Crippen LogP contribution in [0, 0.1) is 17.1 Å². The predicted molar refractivity (Wildman–Crippen MR) is 195 cm³/mol. The quantitative estimate of drug-likeness (QED) is 0.188. The molecule has 0 unspecified atom stereocenters. The third-order valence-corrected chi connectivity index (χ3v) is 11.3. The predicted octanol–water partition coefficient (Wildman–Crippen LogP) is 6.05. The molecule has 4 aliphatic rings. The molecule has 0 aliphatic carbocycles. The zero-order valence-electron chi connectivity index (χ0n) is 30.5. The highest BCUT2D eigenvalue weighted by molar-refractivity contribution is 6.31. The minimum Gasteiger partial charge on any atom is -0.461 e. The minimum absolute atomic E-state index is 0.00452. The molecule has 6 heterocycles. The second-order valence-corrected chi connectivity index (χ2v) is 15.3. The van der Waals surface area contributed by atoms with Crippen LogP contribution in [0.25, 0.3) is 22.2 Å². The van der Waals surface area contributed by atoms with Gasteiger partial charge in [-0.15, -0.1) is 0 Å². The number of alkyl halides is 4. The van der Waals surface area contributed by atoms with Crippen molar-refractivity contribution in [1.82, 2.24) is 29.7 Å². The summed E-state index contributed by atoms with van der Waals surface area (Å²) < 4.78 is 85.7. The first-order chi connectivity index (χ1) is 26.3. The zero-order valence-corrected chi connectivity index (χ0v) is 31.3. The molecule has 4 saturated heterocycles. The smallest absolute Gasteiger partial charge is 0.418 e. The summed E-state index contributed by atoms with van der Waals surface area (Å²) >= 11 is 5.98. The van der Waals surface area contributed by atoms with Gasteiger partial charge in [-0.3, -0.25) is 19.6 Å². The van der Waals surface area contributed by atoms with Crippen molar-refractivity contribution in [1.29, 1.82) is 5.26 Å². The van der Waals surface area contributed by atoms with E-state index >= 15 is 4.39 Å². The second-order valence-electron chi connectivity index (χ2n) is 14.9. The number of ether oxygens (including phenoxy) is 2. The molecular formula is C38H42ClF5N8O3. The third kappa shape index (κ3) is 8.07. The van der Waals surface area contributed by atoms with Crippen LogP contribution >= 0.6 is 11.6 Å². The maximum Gasteiger partial charge on any atom is 0.418 e. The average Bonchev–Trinajstić information content (AvgIpc) is 3.65. The molecule has 55 heavy (non-hydrogen) atoms. The topological polar surface area (TPSA) is 111 Å². The van der Waals surface area contributed by atoms with Crippen LogP contribution in [0.4, 0.5) is 27.8 Å². The van der Waals surface area contributed by atoms with Crippen molar-refractivity contribution in [3.8, 4) is 23.3 Å². The van der Waals surface area contributed by atoms with Crippen LogP contribution in [0.2, 0.25) is 5.02 Å². The normalized spacial score (nSPS) is 26.5. The number of fused-ring (bicyclic) bond motifs is 2. The number of benzene rings is 1. The van der Waals surface area contributed by atoms with Gasteiger partial charge < -0.3 is 19.3 Å². The Bertz CT molecular complexity index is 1990. The fourth-order valence-electron chi connectivity index (χ4n) is 8.62. The number of piperazine rings is 1. The monoisotopic (exact) mass is 788 g/mol. The fraction of sp³-hybridized carbons (Fsp3) is 0.553. The number of anilines is 1. The van der Waals surface area contributed by atoms with Gasteiger partial charge in [-0.05, 0) is 39.3 Å². The first kappa shape index (κ1) is 39.1. The summed E-state index contributed by atoms with van der Waals surface area (Å²) in [6, 6.07) is 4.78. The molecule has 0 saturated carbocycles. The Balaban J connectivity index is 1.21. The van der Waals surface area contributed by atoms with Gasteiger partial charge in [0.15, 0.2) is 5.82 Å². The minimum atomic E-state index is -4.91. The van der Waals surface area contributed by atoms with E-state index in [0.717, 1.165) is 31.6 Å². The summed E-state index contributed by atoms with van der Waals surface area (Å²) in [5, 5.41) is 9.24. The van der Waals surface area contributed by atoms with Crippen LogP contribution in [-0.4, -0.2) is 124 Å². The molecule has 1 amide bonds. The zero-order chi connectivity index (χ0) is 39.1. The van der Waals surface area contributed by atoms with Crippen molar-refractivity contribution < 1.29 is 36.2 Å². The van der Waals surface area contributed by atoms with Crippen molar-refractivity contribution in [2.24, 2.45) is 0 Å². The van der Waals surface area contributed by atoms with Crippen molar-refractivity contribution in [3.05, 3.63) is 53.0 Å². The van der Waals surface area contributed by atoms with Crippen LogP contribution in [-0.2, 0) is 15.7 Å². The number of hydrogen-bond donors (Lipinski definition) is 0. The van der Waals surface area contributed by atoms with Gasteiger partial charge in [-0.1, -0.05) is 29.8 Å². The van der Waals surface area contributed by atoms with Crippen LogP contribution in [0.15, 0.2) is 36.5 Å². The van der Waals surface area contributed by atoms with Gasteiger partial charge in [-0.25, -0.2) is 8.78 Å². The molecule has 0 N–H and O–H groups in total. The molecule has 294 valence electrons. The summed E-state index contributed by atoms with van der Waals surface area (Å²) in [5.74, 6) is -1.22. The number of aromatic nitrogens is 3. The lowest BCUT2D eigenvalue weighted by molar-refractivity contribution is -0.137. The third-order valence-electron chi connectivity index (χ3n) is 10.9. The summed E-state index contributed by atoms with van der Waals surface area (Å²) in [5.41, 5.74) is -3.33. The van der Waals surface area contributed by atoms with Crippen LogP contribution in [0.3, 0.4) is 0 Å². The molecule has 7 rings (SSSR count). The molecule has 0 radical (unpaired) electrons. The van der Waals surface area contributed by atoms with Crippen LogP contribution < -0.4 is 9.64 Å². The molecule has 3 aromatic rings. The van der Waals surface area contributed by atoms with E-state index in [1.165, 1.54) is 18.3 Å². The van der Waals surface area contributed by atoms with Crippen molar-refractivity contribution >= 4 is 34.2 Å². The summed E-state index contributed by atoms with van der Waals surface area (Å²) in [7, 11) is 0. The van der Waals surface area contributed by atoms with E-state index < -0.39 is 51.6 Å². The van der Waals surface area contributed by atoms with E-state index in [2.05, 4.69) is 25.9 Å². The van der Waals surface area contributed by atoms with Crippen LogP contribution in [0.1, 0.15) is 45.1 Å². The highest BCUT2D eigenvalue weighted by atomic mass is 35.5. The first-order valence-electron chi connectivity index (χ1n) is 18.5. The highest BCUT2D eigenvalue weighted by Crippen LogP contribution is 2.44. The van der Waals surface area contributed by atoms with Crippen molar-refractivity contribution in [2.75, 3.05) is 63.9 Å². The number of carbonyl (C=O) groups is 1. The van der Waals surface area contributed by atoms with Gasteiger partial charge in [0.25, 0.3) is 0 Å². The summed E-state index contributed by atoms with van der Waals surface area (Å²) in [4.78, 5) is 34.3. The highest BCUT2D eigenvalue weighted by Gasteiger charge is 2.49. The van der Waals surface area contributed by atoms with Crippen molar-refractivity contribution in [2.45, 2.75) is 75.7 Å². The Morgan fingerprint density at radius 2 is 1.93 bits per heavy atom. The number of nitriles is 1. The standard InChI is InChI=1S/C38H42ClF5N8O3/c1-23-18-49(19-24(2)55-23)12-4-8-30(53)52-15-14-50(21-26(52)9-11-45)35-28-17-46-33(27-6-3-7-29(39)31(27)38(42,43)44)32(41)34(28)47-36(48-35)54-22-37-10-5-13-51(37)20-25(40)16-37/h3-4,6-8,17,23-26H,5,9-10,12-16,18-22H2,1-2H3/b8-4+/t23-,24-,25-,26+,37+/m1/s1. The molecule has 1 aromatic carbocycles. The van der Waals surface area contributed by atoms with Gasteiger partial charge in [0.2, 0.25) is 5.91 Å². The Morgan fingerprint density at radius 3 is 2.67 bits per heavy atom. The average molecular weight is 789 g/mol. The maximum absolute atomic E-state index is 16.6. The number of amides is 1. The summed E-state index contributed by atoms with van der Waals surface area (Å²) in [6.45, 7) is 7.63. The number of morpholine rings is 1. The fourth-order valence-corrected chi connectivity index (χ4v) is 8.90. The Kier molecular flexibility index (Phi) is 11.2. The van der Waals surface area contributed by atoms with Gasteiger partial charge in [0, 0.05) is 70.1 Å². The SMILES string of the molecule is C[C@@H]1CN(C/C=C/C(=O)N2CCN(c3nc(OC[C@@]45CCCN4C[C@H](F)C5)nc4c(F)c(-c5cccc(Cl)c5C(F)(F)F)ncc34)C[C@@H]2CC#N)C[C@@H](C)O1. The molecule has 5 atom stereocenters. The van der Waals surface area contributed by atoms with E-state index in [1.54, 1.807) is 15.9 Å². The van der Waals surface area contributed by atoms with E-state index in [0.29, 0.717) is 19.5 Å². The molecule has 4 aliphatic heterocycles. The maximum atomic E-state index is 16.6. The Hall–Kier alpha value is -4.17. The molecule has 17 heteroatoms. The lowest BCUT2D eigenvalue weighted by Crippen LogP contribution is -2.55. The second kappa shape index (κ2) is 15.8. The molecule has 4 fully saturated rings. The lowest BCUT2D eigenvalue weighted by Gasteiger charge is -2.41. The van der Waals surface area contributed by atoms with Gasteiger partial charge >= 0.3 is 12.2 Å². The first-order valence-corrected chi connectivity index (χ1v) is 18.8. The van der Waals surface area contributed by atoms with E-state index in [9.17, 15) is 27.6 Å².